The minimum atomic E-state index is -0.0454. The highest BCUT2D eigenvalue weighted by molar-refractivity contribution is 8.90. The highest BCUT2D eigenvalue weighted by Crippen LogP contribution is 2.48. The summed E-state index contributed by atoms with van der Waals surface area (Å²) in [5, 5.41) is -0.0907. The fourth-order valence-electron chi connectivity index (χ4n) is 3.42. The van der Waals surface area contributed by atoms with Crippen LogP contribution < -0.4 is 0 Å². The van der Waals surface area contributed by atoms with E-state index in [2.05, 4.69) is 6.92 Å². The Morgan fingerprint density at radius 3 is 1.14 bits per heavy atom. The van der Waals surface area contributed by atoms with Crippen molar-refractivity contribution in [2.24, 2.45) is 0 Å². The van der Waals surface area contributed by atoms with Crippen molar-refractivity contribution in [3.8, 4) is 0 Å². The molecule has 0 N–H and O–H groups in total. The van der Waals surface area contributed by atoms with Crippen LogP contribution in [-0.2, 0) is 0 Å². The van der Waals surface area contributed by atoms with Gasteiger partial charge in [-0.2, -0.15) is 0 Å². The molecule has 230 valence electrons. The minimum absolute atomic E-state index is 0.0454. The summed E-state index contributed by atoms with van der Waals surface area (Å²) in [5.74, 6) is 0. The molecule has 0 spiro atoms. The molecule has 4 aromatic carbocycles. The van der Waals surface area contributed by atoms with Crippen LogP contribution in [0, 0.1) is 0 Å². The fourth-order valence-corrected chi connectivity index (χ4v) is 13.6. The Labute approximate surface area is 294 Å². The van der Waals surface area contributed by atoms with Crippen LogP contribution in [0.25, 0.3) is 0 Å². The number of rotatable bonds is 16. The first kappa shape index (κ1) is 35.5. The molecule has 0 atom stereocenters. The van der Waals surface area contributed by atoms with Gasteiger partial charge in [-0.1, -0.05) is 121 Å². The van der Waals surface area contributed by atoms with Crippen LogP contribution in [-0.4, -0.2) is 22.5 Å². The van der Waals surface area contributed by atoms with E-state index in [9.17, 15) is 9.59 Å². The summed E-state index contributed by atoms with van der Waals surface area (Å²) >= 11 is 5.69. The number of carbonyl (C=O) groups is 2. The first-order valence-corrected chi connectivity index (χ1v) is 21.4. The van der Waals surface area contributed by atoms with E-state index < -0.39 is 0 Å². The van der Waals surface area contributed by atoms with Crippen LogP contribution in [0.5, 0.6) is 0 Å². The molecule has 44 heavy (non-hydrogen) atoms. The molecule has 0 saturated carbocycles. The average Bonchev–Trinajstić information content (AvgIpc) is 3.07. The maximum absolute atomic E-state index is 13.6. The van der Waals surface area contributed by atoms with E-state index in [0.29, 0.717) is 0 Å². The smallest absolute Gasteiger partial charge is 0.259 e. The first-order valence-electron chi connectivity index (χ1n) is 13.9. The van der Waals surface area contributed by atoms with Crippen LogP contribution in [0.2, 0.25) is 0 Å². The molecular weight excluding hydrogens is 701 g/mol. The van der Waals surface area contributed by atoms with Crippen molar-refractivity contribution in [1.82, 2.24) is 7.42 Å². The summed E-state index contributed by atoms with van der Waals surface area (Å²) in [6.07, 6.45) is 4.20. The van der Waals surface area contributed by atoms with E-state index in [0.717, 1.165) is 45.3 Å². The first-order chi connectivity index (χ1) is 21.6. The molecule has 0 bridgehead atoms. The lowest BCUT2D eigenvalue weighted by Gasteiger charge is -2.22. The van der Waals surface area contributed by atoms with E-state index in [1.165, 1.54) is 69.4 Å². The predicted octanol–water partition coefficient (Wildman–Crippen LogP) is 13.3. The Bertz CT molecular complexity index is 1200. The van der Waals surface area contributed by atoms with Gasteiger partial charge in [-0.25, -0.2) is 7.42 Å². The highest BCUT2D eigenvalue weighted by Gasteiger charge is 2.24. The summed E-state index contributed by atoms with van der Waals surface area (Å²) in [6.45, 7) is 2.19. The molecule has 0 heterocycles. The van der Waals surface area contributed by atoms with Gasteiger partial charge in [0.15, 0.2) is 0 Å². The van der Waals surface area contributed by atoms with Crippen molar-refractivity contribution in [3.05, 3.63) is 121 Å². The minimum Gasteiger partial charge on any atom is -0.259 e. The highest BCUT2D eigenvalue weighted by atomic mass is 33.1. The molecule has 4 nitrogen and oxygen atoms in total. The normalized spacial score (nSPS) is 11.0. The van der Waals surface area contributed by atoms with Crippen molar-refractivity contribution in [1.29, 1.82) is 0 Å². The molecule has 2 amide bonds. The Morgan fingerprint density at radius 2 is 0.841 bits per heavy atom. The maximum atomic E-state index is 13.6. The molecule has 0 radical (unpaired) electrons. The van der Waals surface area contributed by atoms with Gasteiger partial charge < -0.3 is 0 Å². The molecule has 0 aromatic heterocycles. The molecule has 0 fully saturated rings. The standard InChI is InChI=1S/C32H32N2O2S8/c1-2-3-8-25-30(41-43-31(35)33(37-26-17-9-4-10-18-26)38-27-19-11-5-12-20-27)42-44-32(36)34(39-28-21-13-6-14-22-28)40-29-23-15-7-16-24-29/h4-7,9-24,30H,2-3,8,25H2,1H3. The third kappa shape index (κ3) is 13.2. The Kier molecular flexibility index (Phi) is 16.7. The van der Waals surface area contributed by atoms with E-state index in [1.54, 1.807) is 29.0 Å². The largest absolute Gasteiger partial charge is 0.313 e. The second-order valence-corrected chi connectivity index (χ2v) is 18.5. The van der Waals surface area contributed by atoms with E-state index in [1.807, 2.05) is 121 Å². The van der Waals surface area contributed by atoms with Gasteiger partial charge in [0.2, 0.25) is 0 Å². The third-order valence-electron chi connectivity index (χ3n) is 5.52. The van der Waals surface area contributed by atoms with Gasteiger partial charge >= 0.3 is 10.5 Å². The maximum Gasteiger partial charge on any atom is 0.313 e. The van der Waals surface area contributed by atoms with Crippen molar-refractivity contribution in [3.63, 3.8) is 0 Å². The van der Waals surface area contributed by atoms with Crippen LogP contribution in [0.1, 0.15) is 32.6 Å². The lowest BCUT2D eigenvalue weighted by molar-refractivity contribution is 0.258. The van der Waals surface area contributed by atoms with Gasteiger partial charge in [-0.15, -0.1) is 0 Å². The number of benzene rings is 4. The van der Waals surface area contributed by atoms with Crippen molar-refractivity contribution in [2.45, 2.75) is 56.8 Å². The lowest BCUT2D eigenvalue weighted by Crippen LogP contribution is -2.12. The third-order valence-corrected chi connectivity index (χ3v) is 16.0. The van der Waals surface area contributed by atoms with Gasteiger partial charge in [0.1, 0.15) is 0 Å². The molecule has 0 saturated heterocycles. The van der Waals surface area contributed by atoms with E-state index in [4.69, 9.17) is 0 Å². The molecule has 0 aliphatic heterocycles. The number of nitrogens with zero attached hydrogens (tertiary/aromatic N) is 2. The summed E-state index contributed by atoms with van der Waals surface area (Å²) in [7, 11) is 5.59. The summed E-state index contributed by atoms with van der Waals surface area (Å²) in [5.41, 5.74) is 0. The quantitative estimate of drug-likeness (QED) is 0.0481. The van der Waals surface area contributed by atoms with Crippen LogP contribution >= 0.6 is 91.0 Å². The van der Waals surface area contributed by atoms with E-state index >= 15 is 0 Å². The van der Waals surface area contributed by atoms with Gasteiger partial charge in [0.05, 0.1) is 4.58 Å². The predicted molar refractivity (Wildman–Crippen MR) is 202 cm³/mol. The van der Waals surface area contributed by atoms with Gasteiger partial charge in [-0.05, 0) is 55.0 Å². The Hall–Kier alpha value is -1.38. The molecule has 0 unspecified atom stereocenters. The zero-order valence-corrected chi connectivity index (χ0v) is 30.5. The summed E-state index contributed by atoms with van der Waals surface area (Å²) in [6, 6.07) is 39.8. The lowest BCUT2D eigenvalue weighted by atomic mass is 10.2. The Morgan fingerprint density at radius 1 is 0.523 bits per heavy atom. The summed E-state index contributed by atoms with van der Waals surface area (Å²) < 4.78 is 3.55. The van der Waals surface area contributed by atoms with Crippen LogP contribution in [0.15, 0.2) is 141 Å². The second-order valence-electron chi connectivity index (χ2n) is 8.95. The van der Waals surface area contributed by atoms with Crippen molar-refractivity contribution < 1.29 is 9.59 Å². The van der Waals surface area contributed by atoms with Gasteiger partial charge in [-0.3, -0.25) is 9.59 Å². The molecular formula is C32H32N2O2S8. The number of hydrogen-bond donors (Lipinski definition) is 0. The fraction of sp³-hybridized carbons (Fsp3) is 0.188. The van der Waals surface area contributed by atoms with Gasteiger partial charge in [0, 0.05) is 89.0 Å². The zero-order chi connectivity index (χ0) is 30.8. The van der Waals surface area contributed by atoms with Crippen molar-refractivity contribution in [2.75, 3.05) is 0 Å². The topological polar surface area (TPSA) is 40.6 Å². The number of carbonyl (C=O) groups excluding carboxylic acids is 2. The number of amides is 2. The SMILES string of the molecule is CCCCCC(SSC(=O)N(Sc1ccccc1)Sc1ccccc1)SSC(=O)N(Sc1ccccc1)Sc1ccccc1. The average molecular weight is 733 g/mol. The molecule has 0 aliphatic carbocycles. The molecule has 4 aromatic rings. The Balaban J connectivity index is 1.40. The van der Waals surface area contributed by atoms with Gasteiger partial charge in [0.25, 0.3) is 0 Å². The summed E-state index contributed by atoms with van der Waals surface area (Å²) in [4.78, 5) is 31.1. The zero-order valence-electron chi connectivity index (χ0n) is 23.9. The van der Waals surface area contributed by atoms with E-state index in [-0.39, 0.29) is 15.1 Å². The molecule has 4 rings (SSSR count). The molecule has 0 aliphatic rings. The monoisotopic (exact) mass is 732 g/mol. The van der Waals surface area contributed by atoms with Crippen molar-refractivity contribution >= 4 is 101 Å². The molecule has 12 heteroatoms. The second kappa shape index (κ2) is 20.7. The number of unbranched alkanes of at least 4 members (excludes halogenated alkanes) is 2. The van der Waals surface area contributed by atoms with Crippen LogP contribution in [0.3, 0.4) is 0 Å². The number of hydrogen-bond acceptors (Lipinski definition) is 10. The van der Waals surface area contributed by atoms with Crippen LogP contribution in [0.4, 0.5) is 9.59 Å².